The lowest BCUT2D eigenvalue weighted by atomic mass is 10.0. The fourth-order valence-electron chi connectivity index (χ4n) is 2.18. The molecule has 0 bridgehead atoms. The topological polar surface area (TPSA) is 45.6 Å². The predicted octanol–water partition coefficient (Wildman–Crippen LogP) is 2.65. The largest absolute Gasteiger partial charge is 0.276 e. The van der Waals surface area contributed by atoms with Gasteiger partial charge in [0.25, 0.3) is 5.91 Å². The average molecular weight is 251 g/mol. The molecule has 1 aromatic heterocycles. The summed E-state index contributed by atoms with van der Waals surface area (Å²) in [5.41, 5.74) is 1.65. The van der Waals surface area contributed by atoms with Gasteiger partial charge >= 0.3 is 0 Å². The standard InChI is InChI=1S/C15H13N3O/c19-15(13-7-4-9-16-11-13)18-14(8-10-17-18)12-5-2-1-3-6-12/h1-7,9-11,14H,8H2. The third-order valence-corrected chi connectivity index (χ3v) is 3.13. The first-order valence-electron chi connectivity index (χ1n) is 6.17. The summed E-state index contributed by atoms with van der Waals surface area (Å²) in [5, 5.41) is 5.73. The maximum Gasteiger partial charge on any atom is 0.276 e. The van der Waals surface area contributed by atoms with Crippen LogP contribution in [0.5, 0.6) is 0 Å². The summed E-state index contributed by atoms with van der Waals surface area (Å²) >= 11 is 0. The molecular formula is C15H13N3O. The van der Waals surface area contributed by atoms with E-state index in [2.05, 4.69) is 10.1 Å². The van der Waals surface area contributed by atoms with Gasteiger partial charge in [0.1, 0.15) is 0 Å². The van der Waals surface area contributed by atoms with E-state index in [0.29, 0.717) is 5.56 Å². The summed E-state index contributed by atoms with van der Waals surface area (Å²) in [6, 6.07) is 13.4. The zero-order chi connectivity index (χ0) is 13.1. The minimum absolute atomic E-state index is 0.0195. The molecule has 0 aliphatic carbocycles. The second-order valence-corrected chi connectivity index (χ2v) is 4.35. The Labute approximate surface area is 111 Å². The van der Waals surface area contributed by atoms with Crippen LogP contribution in [0.25, 0.3) is 0 Å². The van der Waals surface area contributed by atoms with E-state index in [0.717, 1.165) is 12.0 Å². The quantitative estimate of drug-likeness (QED) is 0.823. The van der Waals surface area contributed by atoms with Crippen molar-refractivity contribution in [2.75, 3.05) is 0 Å². The Morgan fingerprint density at radius 3 is 2.74 bits per heavy atom. The highest BCUT2D eigenvalue weighted by Crippen LogP contribution is 2.29. The van der Waals surface area contributed by atoms with Gasteiger partial charge in [-0.2, -0.15) is 5.10 Å². The first-order valence-corrected chi connectivity index (χ1v) is 6.17. The third kappa shape index (κ3) is 2.25. The van der Waals surface area contributed by atoms with Gasteiger partial charge in [-0.05, 0) is 17.7 Å². The number of carbonyl (C=O) groups is 1. The van der Waals surface area contributed by atoms with E-state index < -0.39 is 0 Å². The molecule has 0 N–H and O–H groups in total. The van der Waals surface area contributed by atoms with Crippen molar-refractivity contribution in [1.29, 1.82) is 0 Å². The number of pyridine rings is 1. The highest BCUT2D eigenvalue weighted by Gasteiger charge is 2.28. The Balaban J connectivity index is 1.88. The van der Waals surface area contributed by atoms with E-state index in [1.165, 1.54) is 5.01 Å². The molecule has 0 saturated heterocycles. The Morgan fingerprint density at radius 2 is 2.00 bits per heavy atom. The molecule has 0 spiro atoms. The second kappa shape index (κ2) is 5.02. The van der Waals surface area contributed by atoms with Gasteiger partial charge in [0.2, 0.25) is 0 Å². The molecule has 1 aromatic carbocycles. The second-order valence-electron chi connectivity index (χ2n) is 4.35. The van der Waals surface area contributed by atoms with E-state index in [4.69, 9.17) is 0 Å². The number of amides is 1. The number of nitrogens with zero attached hydrogens (tertiary/aromatic N) is 3. The molecule has 4 heteroatoms. The van der Waals surface area contributed by atoms with Crippen LogP contribution in [0.4, 0.5) is 0 Å². The lowest BCUT2D eigenvalue weighted by Crippen LogP contribution is -2.27. The number of hydrogen-bond acceptors (Lipinski definition) is 3. The van der Waals surface area contributed by atoms with Crippen molar-refractivity contribution < 1.29 is 4.79 Å². The van der Waals surface area contributed by atoms with Crippen LogP contribution < -0.4 is 0 Å². The van der Waals surface area contributed by atoms with E-state index in [9.17, 15) is 4.79 Å². The van der Waals surface area contributed by atoms with Crippen molar-refractivity contribution in [2.24, 2.45) is 5.10 Å². The van der Waals surface area contributed by atoms with Gasteiger partial charge in [-0.15, -0.1) is 0 Å². The van der Waals surface area contributed by atoms with Crippen LogP contribution in [0.2, 0.25) is 0 Å². The molecule has 1 atom stereocenters. The van der Waals surface area contributed by atoms with Gasteiger partial charge in [-0.3, -0.25) is 9.78 Å². The first-order chi connectivity index (χ1) is 9.36. The molecule has 1 amide bonds. The van der Waals surface area contributed by atoms with Crippen LogP contribution >= 0.6 is 0 Å². The third-order valence-electron chi connectivity index (χ3n) is 3.13. The van der Waals surface area contributed by atoms with Crippen LogP contribution in [-0.4, -0.2) is 22.1 Å². The van der Waals surface area contributed by atoms with E-state index in [1.54, 1.807) is 30.7 Å². The Kier molecular flexibility index (Phi) is 3.06. The van der Waals surface area contributed by atoms with Crippen molar-refractivity contribution in [2.45, 2.75) is 12.5 Å². The average Bonchev–Trinajstić information content (AvgIpc) is 2.98. The molecule has 1 aliphatic heterocycles. The van der Waals surface area contributed by atoms with Crippen LogP contribution in [0.3, 0.4) is 0 Å². The van der Waals surface area contributed by atoms with E-state index >= 15 is 0 Å². The smallest absolute Gasteiger partial charge is 0.267 e. The first kappa shape index (κ1) is 11.6. The minimum Gasteiger partial charge on any atom is -0.267 e. The normalized spacial score (nSPS) is 17.7. The van der Waals surface area contributed by atoms with Crippen LogP contribution in [-0.2, 0) is 0 Å². The highest BCUT2D eigenvalue weighted by molar-refractivity contribution is 5.95. The summed E-state index contributed by atoms with van der Waals surface area (Å²) in [4.78, 5) is 16.4. The van der Waals surface area contributed by atoms with Crippen LogP contribution in [0.1, 0.15) is 28.4 Å². The molecule has 19 heavy (non-hydrogen) atoms. The molecule has 3 rings (SSSR count). The Morgan fingerprint density at radius 1 is 1.16 bits per heavy atom. The van der Waals surface area contributed by atoms with Crippen molar-refractivity contribution in [1.82, 2.24) is 9.99 Å². The Hall–Kier alpha value is -2.49. The molecule has 2 heterocycles. The lowest BCUT2D eigenvalue weighted by molar-refractivity contribution is 0.0711. The number of aromatic nitrogens is 1. The maximum absolute atomic E-state index is 12.4. The molecule has 0 saturated carbocycles. The molecule has 1 aliphatic rings. The van der Waals surface area contributed by atoms with Crippen molar-refractivity contribution in [3.8, 4) is 0 Å². The van der Waals surface area contributed by atoms with E-state index in [1.807, 2.05) is 30.3 Å². The number of benzene rings is 1. The van der Waals surface area contributed by atoms with Crippen molar-refractivity contribution >= 4 is 12.1 Å². The maximum atomic E-state index is 12.4. The molecule has 0 radical (unpaired) electrons. The zero-order valence-electron chi connectivity index (χ0n) is 10.3. The van der Waals surface area contributed by atoms with Gasteiger partial charge < -0.3 is 0 Å². The summed E-state index contributed by atoms with van der Waals surface area (Å²) in [6.45, 7) is 0. The van der Waals surface area contributed by atoms with Gasteiger partial charge in [0, 0.05) is 25.0 Å². The monoisotopic (exact) mass is 251 g/mol. The van der Waals surface area contributed by atoms with Crippen molar-refractivity contribution in [3.63, 3.8) is 0 Å². The summed E-state index contributed by atoms with van der Waals surface area (Å²) in [7, 11) is 0. The predicted molar refractivity (Wildman–Crippen MR) is 72.7 cm³/mol. The Bertz CT molecular complexity index is 595. The van der Waals surface area contributed by atoms with E-state index in [-0.39, 0.29) is 11.9 Å². The zero-order valence-corrected chi connectivity index (χ0v) is 10.3. The highest BCUT2D eigenvalue weighted by atomic mass is 16.2. The van der Waals surface area contributed by atoms with Gasteiger partial charge in [-0.25, -0.2) is 5.01 Å². The number of hydrogen-bond donors (Lipinski definition) is 0. The SMILES string of the molecule is O=C(c1cccnc1)N1N=CCC1c1ccccc1. The molecule has 4 nitrogen and oxygen atoms in total. The molecule has 2 aromatic rings. The number of hydrazone groups is 1. The molecule has 0 fully saturated rings. The minimum atomic E-state index is -0.115. The lowest BCUT2D eigenvalue weighted by Gasteiger charge is -2.22. The fraction of sp³-hybridized carbons (Fsp3) is 0.133. The summed E-state index contributed by atoms with van der Waals surface area (Å²) in [6.07, 6.45) is 5.75. The molecule has 94 valence electrons. The molecule has 1 unspecified atom stereocenters. The van der Waals surface area contributed by atoms with Gasteiger partial charge in [0.05, 0.1) is 11.6 Å². The summed E-state index contributed by atoms with van der Waals surface area (Å²) in [5.74, 6) is -0.115. The van der Waals surface area contributed by atoms with Crippen LogP contribution in [0.15, 0.2) is 60.0 Å². The van der Waals surface area contributed by atoms with Crippen molar-refractivity contribution in [3.05, 3.63) is 66.0 Å². The van der Waals surface area contributed by atoms with Gasteiger partial charge in [0.15, 0.2) is 0 Å². The number of carbonyl (C=O) groups excluding carboxylic acids is 1. The number of rotatable bonds is 2. The fourth-order valence-corrected chi connectivity index (χ4v) is 2.18. The summed E-state index contributed by atoms with van der Waals surface area (Å²) < 4.78 is 0. The molecular weight excluding hydrogens is 238 g/mol. The van der Waals surface area contributed by atoms with Gasteiger partial charge in [-0.1, -0.05) is 30.3 Å². The van der Waals surface area contributed by atoms with Crippen LogP contribution in [0, 0.1) is 0 Å².